The second-order valence-corrected chi connectivity index (χ2v) is 6.62. The Morgan fingerprint density at radius 3 is 2.84 bits per heavy atom. The third kappa shape index (κ3) is 7.00. The summed E-state index contributed by atoms with van der Waals surface area (Å²) in [6, 6.07) is 1.97. The Labute approximate surface area is 151 Å². The molecular formula is C19H32N4O2. The first-order chi connectivity index (χ1) is 12.2. The minimum absolute atomic E-state index is 0.0731. The highest BCUT2D eigenvalue weighted by molar-refractivity contribution is 5.41. The number of hydrogen-bond acceptors (Lipinski definition) is 6. The molecule has 6 heteroatoms. The Balaban J connectivity index is 1.97. The molecule has 0 saturated carbocycles. The average molecular weight is 348 g/mol. The van der Waals surface area contributed by atoms with Gasteiger partial charge in [0.2, 0.25) is 5.88 Å². The number of rotatable bonds is 11. The quantitative estimate of drug-likeness (QED) is 0.573. The van der Waals surface area contributed by atoms with Gasteiger partial charge in [0, 0.05) is 39.4 Å². The third-order valence-electron chi connectivity index (χ3n) is 4.48. The third-order valence-corrected chi connectivity index (χ3v) is 4.48. The van der Waals surface area contributed by atoms with Gasteiger partial charge in [-0.3, -0.25) is 0 Å². The van der Waals surface area contributed by atoms with Crippen LogP contribution in [0.4, 0.5) is 5.82 Å². The Morgan fingerprint density at radius 1 is 1.32 bits per heavy atom. The lowest BCUT2D eigenvalue weighted by molar-refractivity contribution is 0.110. The first-order valence-electron chi connectivity index (χ1n) is 9.25. The molecule has 0 bridgehead atoms. The average Bonchev–Trinajstić information content (AvgIpc) is 2.65. The van der Waals surface area contributed by atoms with Crippen molar-refractivity contribution in [3.63, 3.8) is 0 Å². The molecule has 0 radical (unpaired) electrons. The summed E-state index contributed by atoms with van der Waals surface area (Å²) in [7, 11) is 3.81. The van der Waals surface area contributed by atoms with Crippen molar-refractivity contribution in [3.8, 4) is 5.88 Å². The van der Waals surface area contributed by atoms with Crippen LogP contribution in [0.1, 0.15) is 32.1 Å². The number of allylic oxidation sites excluding steroid dienone is 1. The van der Waals surface area contributed by atoms with Gasteiger partial charge in [0.05, 0.1) is 6.61 Å². The number of likely N-dealkylation sites (N-methyl/N-ethyl adjacent to an activating group) is 1. The van der Waals surface area contributed by atoms with Gasteiger partial charge in [-0.1, -0.05) is 6.08 Å². The Kier molecular flexibility index (Phi) is 8.69. The highest BCUT2D eigenvalue weighted by atomic mass is 16.5. The van der Waals surface area contributed by atoms with Crippen molar-refractivity contribution in [2.45, 2.75) is 38.2 Å². The molecule has 6 nitrogen and oxygen atoms in total. The van der Waals surface area contributed by atoms with E-state index in [0.717, 1.165) is 51.4 Å². The zero-order valence-corrected chi connectivity index (χ0v) is 15.7. The van der Waals surface area contributed by atoms with Gasteiger partial charge in [0.25, 0.3) is 0 Å². The van der Waals surface area contributed by atoms with Crippen molar-refractivity contribution < 1.29 is 9.47 Å². The summed E-state index contributed by atoms with van der Waals surface area (Å²) in [6.45, 7) is 8.39. The van der Waals surface area contributed by atoms with Gasteiger partial charge in [-0.2, -0.15) is 0 Å². The molecule has 1 aromatic rings. The second kappa shape index (κ2) is 11.1. The van der Waals surface area contributed by atoms with E-state index in [9.17, 15) is 0 Å². The van der Waals surface area contributed by atoms with E-state index >= 15 is 0 Å². The minimum Gasteiger partial charge on any atom is -0.473 e. The number of hydrogen-bond donors (Lipinski definition) is 0. The van der Waals surface area contributed by atoms with Crippen molar-refractivity contribution in [2.75, 3.05) is 51.8 Å². The number of nitrogens with zero attached hydrogens (tertiary/aromatic N) is 4. The van der Waals surface area contributed by atoms with Crippen molar-refractivity contribution in [1.82, 2.24) is 14.9 Å². The largest absolute Gasteiger partial charge is 0.473 e. The monoisotopic (exact) mass is 348 g/mol. The van der Waals surface area contributed by atoms with Crippen LogP contribution in [0.3, 0.4) is 0 Å². The molecule has 1 aromatic heterocycles. The lowest BCUT2D eigenvalue weighted by atomic mass is 10.1. The van der Waals surface area contributed by atoms with Gasteiger partial charge in [-0.05, 0) is 39.2 Å². The van der Waals surface area contributed by atoms with Gasteiger partial charge in [-0.25, -0.2) is 9.97 Å². The maximum absolute atomic E-state index is 6.19. The smallest absolute Gasteiger partial charge is 0.218 e. The first-order valence-corrected chi connectivity index (χ1v) is 9.25. The molecule has 1 aliphatic heterocycles. The lowest BCUT2D eigenvalue weighted by Crippen LogP contribution is -2.35. The van der Waals surface area contributed by atoms with Gasteiger partial charge >= 0.3 is 0 Å². The fourth-order valence-corrected chi connectivity index (χ4v) is 3.04. The van der Waals surface area contributed by atoms with E-state index in [-0.39, 0.29) is 6.10 Å². The molecule has 1 aliphatic rings. The van der Waals surface area contributed by atoms with Gasteiger partial charge in [0.15, 0.2) is 0 Å². The predicted molar refractivity (Wildman–Crippen MR) is 101 cm³/mol. The molecule has 25 heavy (non-hydrogen) atoms. The molecule has 0 N–H and O–H groups in total. The van der Waals surface area contributed by atoms with E-state index in [2.05, 4.69) is 33.4 Å². The standard InChI is InChI=1S/C19H32N4O2/c1-4-5-9-17(15-22(2)12-13-24-3)25-19-14-18(20-16-21-19)23-10-7-6-8-11-23/h4,14,16-17H,1,5-13,15H2,2-3H3/t17-/m1/s1. The van der Waals surface area contributed by atoms with Crippen molar-refractivity contribution in [2.24, 2.45) is 0 Å². The molecule has 0 spiro atoms. The minimum atomic E-state index is 0.0731. The number of anilines is 1. The van der Waals surface area contributed by atoms with Crippen LogP contribution in [0.5, 0.6) is 5.88 Å². The lowest BCUT2D eigenvalue weighted by Gasteiger charge is -2.28. The first kappa shape index (κ1) is 19.7. The molecule has 1 atom stereocenters. The molecule has 0 aromatic carbocycles. The summed E-state index contributed by atoms with van der Waals surface area (Å²) in [5, 5.41) is 0. The maximum atomic E-state index is 6.19. The molecule has 0 unspecified atom stereocenters. The molecule has 2 rings (SSSR count). The molecule has 140 valence electrons. The Hall–Kier alpha value is -1.66. The fraction of sp³-hybridized carbons (Fsp3) is 0.684. The fourth-order valence-electron chi connectivity index (χ4n) is 3.04. The summed E-state index contributed by atoms with van der Waals surface area (Å²) >= 11 is 0. The van der Waals surface area contributed by atoms with Crippen LogP contribution >= 0.6 is 0 Å². The maximum Gasteiger partial charge on any atom is 0.218 e. The van der Waals surface area contributed by atoms with Crippen LogP contribution < -0.4 is 9.64 Å². The van der Waals surface area contributed by atoms with Crippen LogP contribution in [0.2, 0.25) is 0 Å². The molecule has 0 amide bonds. The highest BCUT2D eigenvalue weighted by Crippen LogP contribution is 2.21. The normalized spacial score (nSPS) is 16.0. The van der Waals surface area contributed by atoms with E-state index in [4.69, 9.17) is 9.47 Å². The summed E-state index contributed by atoms with van der Waals surface area (Å²) in [6.07, 6.45) is 9.23. The van der Waals surface area contributed by atoms with Gasteiger partial charge < -0.3 is 19.3 Å². The molecule has 1 saturated heterocycles. The van der Waals surface area contributed by atoms with E-state index < -0.39 is 0 Å². The Morgan fingerprint density at radius 2 is 2.12 bits per heavy atom. The summed E-state index contributed by atoms with van der Waals surface area (Å²) in [4.78, 5) is 13.3. The van der Waals surface area contributed by atoms with Crippen LogP contribution in [0.25, 0.3) is 0 Å². The van der Waals surface area contributed by atoms with Crippen molar-refractivity contribution >= 4 is 5.82 Å². The summed E-state index contributed by atoms with van der Waals surface area (Å²) in [5.41, 5.74) is 0. The van der Waals surface area contributed by atoms with E-state index in [1.807, 2.05) is 12.1 Å². The summed E-state index contributed by atoms with van der Waals surface area (Å²) in [5.74, 6) is 1.63. The SMILES string of the molecule is C=CCC[C@H](CN(C)CCOC)Oc1cc(N2CCCCC2)ncn1. The Bertz CT molecular complexity index is 506. The highest BCUT2D eigenvalue weighted by Gasteiger charge is 2.16. The number of ether oxygens (including phenoxy) is 2. The van der Waals surface area contributed by atoms with E-state index in [0.29, 0.717) is 5.88 Å². The molecule has 0 aliphatic carbocycles. The number of aromatic nitrogens is 2. The van der Waals surface area contributed by atoms with E-state index in [1.54, 1.807) is 13.4 Å². The summed E-state index contributed by atoms with van der Waals surface area (Å²) < 4.78 is 11.3. The molecule has 1 fully saturated rings. The molecular weight excluding hydrogens is 316 g/mol. The van der Waals surface area contributed by atoms with E-state index in [1.165, 1.54) is 19.3 Å². The van der Waals surface area contributed by atoms with Crippen LogP contribution in [-0.2, 0) is 4.74 Å². The topological polar surface area (TPSA) is 50.7 Å². The van der Waals surface area contributed by atoms with Crippen LogP contribution in [0, 0.1) is 0 Å². The number of methoxy groups -OCH3 is 1. The zero-order chi connectivity index (χ0) is 17.9. The second-order valence-electron chi connectivity index (χ2n) is 6.62. The number of piperidine rings is 1. The zero-order valence-electron chi connectivity index (χ0n) is 15.7. The van der Waals surface area contributed by atoms with Crippen LogP contribution in [0.15, 0.2) is 25.0 Å². The van der Waals surface area contributed by atoms with Crippen molar-refractivity contribution in [1.29, 1.82) is 0 Å². The van der Waals surface area contributed by atoms with Crippen molar-refractivity contribution in [3.05, 3.63) is 25.0 Å². The van der Waals surface area contributed by atoms with Gasteiger partial charge in [0.1, 0.15) is 18.2 Å². The van der Waals surface area contributed by atoms with Gasteiger partial charge in [-0.15, -0.1) is 6.58 Å². The predicted octanol–water partition coefficient (Wildman–Crippen LogP) is 2.76. The van der Waals surface area contributed by atoms with Crippen LogP contribution in [-0.4, -0.2) is 67.9 Å². The molecule has 2 heterocycles.